The van der Waals surface area contributed by atoms with Crippen molar-refractivity contribution in [3.63, 3.8) is 0 Å². The number of hydrogen-bond acceptors (Lipinski definition) is 2. The number of fused-ring (bicyclic) bond motifs is 4. The van der Waals surface area contributed by atoms with Gasteiger partial charge in [-0.3, -0.25) is 4.31 Å². The van der Waals surface area contributed by atoms with Gasteiger partial charge in [0.05, 0.1) is 16.6 Å². The Morgan fingerprint density at radius 3 is 2.70 bits per heavy atom. The zero-order chi connectivity index (χ0) is 13.9. The Bertz CT molecular complexity index is 811. The van der Waals surface area contributed by atoms with Crippen molar-refractivity contribution in [1.82, 2.24) is 0 Å². The fourth-order valence-corrected chi connectivity index (χ4v) is 5.43. The van der Waals surface area contributed by atoms with E-state index in [4.69, 9.17) is 0 Å². The summed E-state index contributed by atoms with van der Waals surface area (Å²) in [6.45, 7) is 1.99. The third kappa shape index (κ3) is 1.43. The van der Waals surface area contributed by atoms with Gasteiger partial charge >= 0.3 is 0 Å². The first-order valence-corrected chi connectivity index (χ1v) is 8.24. The standard InChI is InChI=1S/C16H15NO2S/c1-11-5-4-8-16-14(11)10-13-9-12-6-2-3-7-15(12)17(13)20(16,18)19/h2-8,13H,9-10H2,1H3. The minimum Gasteiger partial charge on any atom is -0.262 e. The monoisotopic (exact) mass is 285 g/mol. The Hall–Kier alpha value is -1.81. The Labute approximate surface area is 118 Å². The highest BCUT2D eigenvalue weighted by atomic mass is 32.2. The van der Waals surface area contributed by atoms with E-state index < -0.39 is 10.0 Å². The van der Waals surface area contributed by atoms with Crippen LogP contribution < -0.4 is 4.31 Å². The molecule has 0 N–H and O–H groups in total. The Morgan fingerprint density at radius 2 is 1.85 bits per heavy atom. The van der Waals surface area contributed by atoms with E-state index >= 15 is 0 Å². The molecule has 0 saturated heterocycles. The van der Waals surface area contributed by atoms with E-state index in [9.17, 15) is 8.42 Å². The van der Waals surface area contributed by atoms with Crippen LogP contribution >= 0.6 is 0 Å². The summed E-state index contributed by atoms with van der Waals surface area (Å²) in [4.78, 5) is 0.477. The van der Waals surface area contributed by atoms with Crippen LogP contribution in [-0.2, 0) is 22.9 Å². The van der Waals surface area contributed by atoms with Gasteiger partial charge in [0.25, 0.3) is 10.0 Å². The van der Waals surface area contributed by atoms with E-state index in [-0.39, 0.29) is 6.04 Å². The molecule has 2 aromatic rings. The van der Waals surface area contributed by atoms with Crippen molar-refractivity contribution < 1.29 is 8.42 Å². The second kappa shape index (κ2) is 3.85. The van der Waals surface area contributed by atoms with Crippen LogP contribution in [0.3, 0.4) is 0 Å². The molecule has 1 unspecified atom stereocenters. The van der Waals surface area contributed by atoms with Crippen LogP contribution in [0.5, 0.6) is 0 Å². The molecule has 0 fully saturated rings. The fraction of sp³-hybridized carbons (Fsp3) is 0.250. The molecule has 1 atom stereocenters. The average Bonchev–Trinajstić information content (AvgIpc) is 2.79. The number of sulfonamides is 1. The molecule has 3 nitrogen and oxygen atoms in total. The number of aryl methyl sites for hydroxylation is 1. The summed E-state index contributed by atoms with van der Waals surface area (Å²) in [5.74, 6) is 0. The Balaban J connectivity index is 1.98. The van der Waals surface area contributed by atoms with Crippen molar-refractivity contribution in [3.8, 4) is 0 Å². The predicted molar refractivity (Wildman–Crippen MR) is 78.5 cm³/mol. The van der Waals surface area contributed by atoms with Gasteiger partial charge in [-0.25, -0.2) is 8.42 Å². The lowest BCUT2D eigenvalue weighted by Crippen LogP contribution is -2.43. The van der Waals surface area contributed by atoms with E-state index in [0.29, 0.717) is 4.90 Å². The third-order valence-corrected chi connectivity index (χ3v) is 6.31. The lowest BCUT2D eigenvalue weighted by Gasteiger charge is -2.33. The first-order chi connectivity index (χ1) is 9.59. The van der Waals surface area contributed by atoms with Crippen molar-refractivity contribution >= 4 is 15.7 Å². The third-order valence-electron chi connectivity index (χ3n) is 4.36. The molecule has 20 heavy (non-hydrogen) atoms. The molecule has 4 rings (SSSR count). The molecule has 0 aliphatic carbocycles. The maximum absolute atomic E-state index is 12.9. The van der Waals surface area contributed by atoms with Crippen LogP contribution in [0.15, 0.2) is 47.4 Å². The molecule has 2 aliphatic heterocycles. The number of para-hydroxylation sites is 1. The summed E-state index contributed by atoms with van der Waals surface area (Å²) in [6.07, 6.45) is 1.61. The number of anilines is 1. The van der Waals surface area contributed by atoms with Crippen molar-refractivity contribution in [1.29, 1.82) is 0 Å². The zero-order valence-corrected chi connectivity index (χ0v) is 12.0. The van der Waals surface area contributed by atoms with Gasteiger partial charge in [-0.05, 0) is 48.6 Å². The van der Waals surface area contributed by atoms with Gasteiger partial charge < -0.3 is 0 Å². The average molecular weight is 285 g/mol. The molecule has 0 radical (unpaired) electrons. The molecular weight excluding hydrogens is 270 g/mol. The maximum Gasteiger partial charge on any atom is 0.264 e. The summed E-state index contributed by atoms with van der Waals surface area (Å²) in [5, 5.41) is 0. The lowest BCUT2D eigenvalue weighted by atomic mass is 9.99. The normalized spacial score (nSPS) is 22.1. The topological polar surface area (TPSA) is 37.4 Å². The molecule has 4 heteroatoms. The molecule has 2 aliphatic rings. The van der Waals surface area contributed by atoms with Crippen molar-refractivity contribution in [2.45, 2.75) is 30.7 Å². The van der Waals surface area contributed by atoms with Gasteiger partial charge in [0, 0.05) is 0 Å². The molecule has 0 aromatic heterocycles. The summed E-state index contributed by atoms with van der Waals surface area (Å²) in [5.41, 5.74) is 4.04. The summed E-state index contributed by atoms with van der Waals surface area (Å²) >= 11 is 0. The number of benzene rings is 2. The van der Waals surface area contributed by atoms with Crippen molar-refractivity contribution in [3.05, 3.63) is 59.2 Å². The van der Waals surface area contributed by atoms with Gasteiger partial charge in [-0.2, -0.15) is 0 Å². The minimum atomic E-state index is -3.42. The van der Waals surface area contributed by atoms with Gasteiger partial charge in [0.1, 0.15) is 0 Å². The van der Waals surface area contributed by atoms with Crippen LogP contribution in [0.2, 0.25) is 0 Å². The van der Waals surface area contributed by atoms with Crippen LogP contribution in [0, 0.1) is 6.92 Å². The molecule has 102 valence electrons. The SMILES string of the molecule is Cc1cccc2c1CC1Cc3ccccc3N1S2(=O)=O. The molecule has 0 amide bonds. The molecule has 2 aromatic carbocycles. The number of nitrogens with zero attached hydrogens (tertiary/aromatic N) is 1. The summed E-state index contributed by atoms with van der Waals surface area (Å²) in [6, 6.07) is 13.4. The van der Waals surface area contributed by atoms with Gasteiger partial charge in [0.2, 0.25) is 0 Å². The van der Waals surface area contributed by atoms with Crippen molar-refractivity contribution in [2.24, 2.45) is 0 Å². The highest BCUT2D eigenvalue weighted by Gasteiger charge is 2.43. The Kier molecular flexibility index (Phi) is 2.31. The quantitative estimate of drug-likeness (QED) is 0.746. The zero-order valence-electron chi connectivity index (χ0n) is 11.2. The number of rotatable bonds is 0. The van der Waals surface area contributed by atoms with E-state index in [1.54, 1.807) is 10.4 Å². The summed E-state index contributed by atoms with van der Waals surface area (Å²) in [7, 11) is -3.42. The van der Waals surface area contributed by atoms with Crippen LogP contribution in [0.4, 0.5) is 5.69 Å². The van der Waals surface area contributed by atoms with Crippen molar-refractivity contribution in [2.75, 3.05) is 4.31 Å². The molecular formula is C16H15NO2S. The largest absolute Gasteiger partial charge is 0.264 e. The second-order valence-corrected chi connectivity index (χ2v) is 7.33. The predicted octanol–water partition coefficient (Wildman–Crippen LogP) is 2.67. The Morgan fingerprint density at radius 1 is 1.05 bits per heavy atom. The van der Waals surface area contributed by atoms with Crippen LogP contribution in [0.1, 0.15) is 16.7 Å². The van der Waals surface area contributed by atoms with Gasteiger partial charge in [-0.15, -0.1) is 0 Å². The highest BCUT2D eigenvalue weighted by Crippen LogP contribution is 2.42. The minimum absolute atomic E-state index is 0.0333. The lowest BCUT2D eigenvalue weighted by molar-refractivity contribution is 0.563. The highest BCUT2D eigenvalue weighted by molar-refractivity contribution is 7.93. The summed E-state index contributed by atoms with van der Waals surface area (Å²) < 4.78 is 27.5. The molecule has 0 bridgehead atoms. The molecule has 0 saturated carbocycles. The smallest absolute Gasteiger partial charge is 0.262 e. The van der Waals surface area contributed by atoms with E-state index in [1.807, 2.05) is 43.3 Å². The first kappa shape index (κ1) is 12.0. The first-order valence-electron chi connectivity index (χ1n) is 6.80. The molecule has 2 heterocycles. The number of hydrogen-bond donors (Lipinski definition) is 0. The van der Waals surface area contributed by atoms with E-state index in [1.165, 1.54) is 0 Å². The van der Waals surface area contributed by atoms with E-state index in [2.05, 4.69) is 0 Å². The fourth-order valence-electron chi connectivity index (χ4n) is 3.43. The van der Waals surface area contributed by atoms with Gasteiger partial charge in [0.15, 0.2) is 0 Å². The van der Waals surface area contributed by atoms with Crippen LogP contribution in [-0.4, -0.2) is 14.5 Å². The van der Waals surface area contributed by atoms with Gasteiger partial charge in [-0.1, -0.05) is 30.3 Å². The van der Waals surface area contributed by atoms with Crippen LogP contribution in [0.25, 0.3) is 0 Å². The maximum atomic E-state index is 12.9. The molecule has 0 spiro atoms. The second-order valence-electron chi connectivity index (χ2n) is 5.54. The van der Waals surface area contributed by atoms with E-state index in [0.717, 1.165) is 35.2 Å².